The summed E-state index contributed by atoms with van der Waals surface area (Å²) in [5.41, 5.74) is 0.347. The van der Waals surface area contributed by atoms with E-state index in [4.69, 9.17) is 4.74 Å². The molecule has 1 N–H and O–H groups in total. The number of sulfonamides is 1. The van der Waals surface area contributed by atoms with E-state index in [0.717, 1.165) is 24.9 Å². The van der Waals surface area contributed by atoms with Crippen LogP contribution in [0.1, 0.15) is 18.4 Å². The van der Waals surface area contributed by atoms with Gasteiger partial charge >= 0.3 is 0 Å². The van der Waals surface area contributed by atoms with Gasteiger partial charge in [0.2, 0.25) is 10.0 Å². The second-order valence-corrected chi connectivity index (χ2v) is 8.71. The molecule has 1 spiro atoms. The van der Waals surface area contributed by atoms with Gasteiger partial charge < -0.3 is 4.74 Å². The standard InChI is InChI=1S/C19H21FN2O3S/c20-16-8-6-15(7-9-16)12-22-11-3-10-19(13-22)14-25-17-4-1-2-5-18(17)26(23,24)21-19/h1-2,4-9,21H,3,10-14H2. The van der Waals surface area contributed by atoms with Gasteiger partial charge in [-0.2, -0.15) is 0 Å². The lowest BCUT2D eigenvalue weighted by atomic mass is 9.90. The number of benzene rings is 2. The maximum Gasteiger partial charge on any atom is 0.244 e. The van der Waals surface area contributed by atoms with Crippen LogP contribution >= 0.6 is 0 Å². The molecule has 2 aromatic carbocycles. The molecule has 1 atom stereocenters. The highest BCUT2D eigenvalue weighted by Gasteiger charge is 2.42. The molecule has 1 unspecified atom stereocenters. The van der Waals surface area contributed by atoms with E-state index in [0.29, 0.717) is 25.4 Å². The summed E-state index contributed by atoms with van der Waals surface area (Å²) in [7, 11) is -3.64. The fourth-order valence-corrected chi connectivity index (χ4v) is 5.34. The first kappa shape index (κ1) is 17.5. The molecule has 2 heterocycles. The maximum absolute atomic E-state index is 13.1. The number of halogens is 1. The van der Waals surface area contributed by atoms with E-state index in [1.54, 1.807) is 36.4 Å². The smallest absolute Gasteiger partial charge is 0.244 e. The molecule has 5 nitrogen and oxygen atoms in total. The number of hydrogen-bond donors (Lipinski definition) is 1. The Hall–Kier alpha value is -1.96. The Morgan fingerprint density at radius 2 is 1.92 bits per heavy atom. The van der Waals surface area contributed by atoms with Crippen LogP contribution in [0.4, 0.5) is 4.39 Å². The van der Waals surface area contributed by atoms with E-state index in [1.165, 1.54) is 12.1 Å². The summed E-state index contributed by atoms with van der Waals surface area (Å²) in [5.74, 6) is 0.138. The molecule has 2 aromatic rings. The summed E-state index contributed by atoms with van der Waals surface area (Å²) in [6.07, 6.45) is 1.59. The molecule has 0 aliphatic carbocycles. The van der Waals surface area contributed by atoms with Crippen LogP contribution in [0.15, 0.2) is 53.4 Å². The quantitative estimate of drug-likeness (QED) is 0.875. The van der Waals surface area contributed by atoms with Crippen LogP contribution in [0.2, 0.25) is 0 Å². The van der Waals surface area contributed by atoms with Crippen LogP contribution in [0.3, 0.4) is 0 Å². The molecule has 1 saturated heterocycles. The van der Waals surface area contributed by atoms with Crippen LogP contribution in [0.5, 0.6) is 5.75 Å². The van der Waals surface area contributed by atoms with Crippen LogP contribution in [0.25, 0.3) is 0 Å². The van der Waals surface area contributed by atoms with Gasteiger partial charge in [-0.15, -0.1) is 0 Å². The highest BCUT2D eigenvalue weighted by Crippen LogP contribution is 2.32. The molecule has 0 saturated carbocycles. The van der Waals surface area contributed by atoms with E-state index in [9.17, 15) is 12.8 Å². The van der Waals surface area contributed by atoms with Crippen molar-refractivity contribution in [1.82, 2.24) is 9.62 Å². The summed E-state index contributed by atoms with van der Waals surface area (Å²) >= 11 is 0. The van der Waals surface area contributed by atoms with Gasteiger partial charge in [0.15, 0.2) is 0 Å². The Labute approximate surface area is 152 Å². The summed E-state index contributed by atoms with van der Waals surface area (Å²) in [6.45, 7) is 2.37. The predicted molar refractivity (Wildman–Crippen MR) is 95.9 cm³/mol. The number of nitrogens with zero attached hydrogens (tertiary/aromatic N) is 1. The third-order valence-electron chi connectivity index (χ3n) is 4.97. The van der Waals surface area contributed by atoms with E-state index >= 15 is 0 Å². The first-order valence-electron chi connectivity index (χ1n) is 8.68. The average molecular weight is 376 g/mol. The van der Waals surface area contributed by atoms with Crippen molar-refractivity contribution < 1.29 is 17.5 Å². The number of piperidine rings is 1. The number of likely N-dealkylation sites (tertiary alicyclic amines) is 1. The second-order valence-electron chi connectivity index (χ2n) is 7.06. The fraction of sp³-hybridized carbons (Fsp3) is 0.368. The van der Waals surface area contributed by atoms with Crippen molar-refractivity contribution in [2.45, 2.75) is 29.8 Å². The van der Waals surface area contributed by atoms with Crippen molar-refractivity contribution in [3.05, 3.63) is 59.9 Å². The van der Waals surface area contributed by atoms with Crippen LogP contribution in [0, 0.1) is 5.82 Å². The Kier molecular flexibility index (Phi) is 4.46. The third-order valence-corrected chi connectivity index (χ3v) is 6.59. The first-order valence-corrected chi connectivity index (χ1v) is 10.2. The molecule has 0 amide bonds. The zero-order valence-electron chi connectivity index (χ0n) is 14.3. The Balaban J connectivity index is 1.56. The molecular weight excluding hydrogens is 355 g/mol. The van der Waals surface area contributed by atoms with Crippen molar-refractivity contribution in [1.29, 1.82) is 0 Å². The van der Waals surface area contributed by atoms with Gasteiger partial charge in [0.1, 0.15) is 23.1 Å². The van der Waals surface area contributed by atoms with Crippen molar-refractivity contribution in [3.8, 4) is 5.75 Å². The highest BCUT2D eigenvalue weighted by molar-refractivity contribution is 7.89. The molecule has 0 aromatic heterocycles. The number of hydrogen-bond acceptors (Lipinski definition) is 4. The number of ether oxygens (including phenoxy) is 1. The second kappa shape index (κ2) is 6.64. The zero-order chi connectivity index (χ0) is 18.2. The lowest BCUT2D eigenvalue weighted by Crippen LogP contribution is -2.60. The van der Waals surface area contributed by atoms with Crippen LogP contribution < -0.4 is 9.46 Å². The molecule has 2 aliphatic heterocycles. The Bertz CT molecular complexity index is 901. The molecule has 0 bridgehead atoms. The van der Waals surface area contributed by atoms with Gasteiger partial charge in [0.25, 0.3) is 0 Å². The summed E-state index contributed by atoms with van der Waals surface area (Å²) in [4.78, 5) is 2.38. The fourth-order valence-electron chi connectivity index (χ4n) is 3.79. The highest BCUT2D eigenvalue weighted by atomic mass is 32.2. The SMILES string of the molecule is O=S1(=O)NC2(CCCN(Cc3ccc(F)cc3)C2)COc2ccccc21. The monoisotopic (exact) mass is 376 g/mol. The Morgan fingerprint density at radius 3 is 2.73 bits per heavy atom. The summed E-state index contributed by atoms with van der Waals surface area (Å²) < 4.78 is 47.5. The zero-order valence-corrected chi connectivity index (χ0v) is 15.1. The van der Waals surface area contributed by atoms with E-state index < -0.39 is 15.6 Å². The first-order chi connectivity index (χ1) is 12.5. The van der Waals surface area contributed by atoms with E-state index in [-0.39, 0.29) is 10.7 Å². The minimum atomic E-state index is -3.64. The number of fused-ring (bicyclic) bond motifs is 1. The topological polar surface area (TPSA) is 58.6 Å². The van der Waals surface area contributed by atoms with Gasteiger partial charge in [-0.3, -0.25) is 4.90 Å². The van der Waals surface area contributed by atoms with Gasteiger partial charge in [0.05, 0.1) is 5.54 Å². The van der Waals surface area contributed by atoms with Gasteiger partial charge in [0, 0.05) is 13.1 Å². The molecule has 138 valence electrons. The molecule has 0 radical (unpaired) electrons. The number of rotatable bonds is 2. The van der Waals surface area contributed by atoms with Crippen LogP contribution in [-0.2, 0) is 16.6 Å². The molecule has 2 aliphatic rings. The lowest BCUT2D eigenvalue weighted by molar-refractivity contribution is 0.0902. The van der Waals surface area contributed by atoms with Crippen LogP contribution in [-0.4, -0.2) is 38.6 Å². The predicted octanol–water partition coefficient (Wildman–Crippen LogP) is 2.53. The Morgan fingerprint density at radius 1 is 1.15 bits per heavy atom. The summed E-state index contributed by atoms with van der Waals surface area (Å²) in [6, 6.07) is 13.1. The average Bonchev–Trinajstić information content (AvgIpc) is 2.72. The van der Waals surface area contributed by atoms with Crippen molar-refractivity contribution in [2.24, 2.45) is 0 Å². The van der Waals surface area contributed by atoms with Gasteiger partial charge in [-0.05, 0) is 49.2 Å². The minimum absolute atomic E-state index is 0.188. The van der Waals surface area contributed by atoms with Gasteiger partial charge in [-0.25, -0.2) is 17.5 Å². The normalized spacial score (nSPS) is 25.3. The minimum Gasteiger partial charge on any atom is -0.490 e. The lowest BCUT2D eigenvalue weighted by Gasteiger charge is -2.41. The molecule has 7 heteroatoms. The third kappa shape index (κ3) is 3.47. The van der Waals surface area contributed by atoms with Crippen molar-refractivity contribution in [2.75, 3.05) is 19.7 Å². The largest absolute Gasteiger partial charge is 0.490 e. The van der Waals surface area contributed by atoms with E-state index in [1.807, 2.05) is 0 Å². The molecular formula is C19H21FN2O3S. The van der Waals surface area contributed by atoms with Crippen molar-refractivity contribution in [3.63, 3.8) is 0 Å². The number of nitrogens with one attached hydrogen (secondary N) is 1. The molecule has 4 rings (SSSR count). The maximum atomic E-state index is 13.1. The molecule has 26 heavy (non-hydrogen) atoms. The van der Waals surface area contributed by atoms with Gasteiger partial charge in [-0.1, -0.05) is 24.3 Å². The van der Waals surface area contributed by atoms with E-state index in [2.05, 4.69) is 9.62 Å². The molecule has 1 fully saturated rings. The summed E-state index contributed by atoms with van der Waals surface area (Å²) in [5, 5.41) is 0. The number of para-hydroxylation sites is 1. The van der Waals surface area contributed by atoms with Crippen molar-refractivity contribution >= 4 is 10.0 Å².